The van der Waals surface area contributed by atoms with Gasteiger partial charge in [0.15, 0.2) is 0 Å². The second-order valence-corrected chi connectivity index (χ2v) is 6.79. The van der Waals surface area contributed by atoms with E-state index in [1.165, 1.54) is 4.90 Å². The van der Waals surface area contributed by atoms with Crippen molar-refractivity contribution in [1.29, 1.82) is 0 Å². The van der Waals surface area contributed by atoms with Crippen LogP contribution in [0.15, 0.2) is 30.4 Å². The molecule has 3 nitrogen and oxygen atoms in total. The summed E-state index contributed by atoms with van der Waals surface area (Å²) in [4.78, 5) is 26.8. The average Bonchev–Trinajstić information content (AvgIpc) is 2.75. The number of fused-ring (bicyclic) bond motifs is 1. The fourth-order valence-corrected chi connectivity index (χ4v) is 4.47. The van der Waals surface area contributed by atoms with Crippen molar-refractivity contribution < 1.29 is 9.59 Å². The van der Waals surface area contributed by atoms with E-state index >= 15 is 0 Å². The third-order valence-electron chi connectivity index (χ3n) is 4.91. The molecule has 1 aromatic carbocycles. The van der Waals surface area contributed by atoms with Crippen LogP contribution < -0.4 is 4.90 Å². The Kier molecular flexibility index (Phi) is 2.92. The Labute approximate surface area is 132 Å². The summed E-state index contributed by atoms with van der Waals surface area (Å²) in [5, 5.41) is 0.824. The number of allylic oxidation sites excluding steroid dienone is 2. The van der Waals surface area contributed by atoms with E-state index in [1.54, 1.807) is 18.2 Å². The molecule has 1 heterocycles. The zero-order valence-corrected chi connectivity index (χ0v) is 12.6. The molecule has 1 saturated heterocycles. The van der Waals surface area contributed by atoms with Crippen molar-refractivity contribution in [3.8, 4) is 0 Å². The van der Waals surface area contributed by atoms with Gasteiger partial charge in [0.05, 0.1) is 22.5 Å². The zero-order chi connectivity index (χ0) is 14.7. The monoisotopic (exact) mass is 321 g/mol. The molecule has 1 saturated carbocycles. The first-order chi connectivity index (χ1) is 10.1. The third-order valence-corrected chi connectivity index (χ3v) is 5.45. The standard InChI is InChI=1S/C16H13Cl2NO2/c17-10-5-6-12(11(18)7-10)19-15(20)13-8-1-2-9(4-3-8)14(13)16(19)21/h1-2,5-9,13-14H,3-4H2/t8-,9-,13+,14+/m1/s1. The SMILES string of the molecule is O=C1[C@@H]2[C@@H](C(=O)N1c1ccc(Cl)cc1Cl)[C@@H]1C=C[C@@H]2CC1. The molecule has 1 aromatic rings. The van der Waals surface area contributed by atoms with Crippen LogP contribution in [0.2, 0.25) is 10.0 Å². The van der Waals surface area contributed by atoms with Crippen LogP contribution in [-0.4, -0.2) is 11.8 Å². The predicted octanol–water partition coefficient (Wildman–Crippen LogP) is 3.70. The molecular weight excluding hydrogens is 309 g/mol. The number of amides is 2. The molecule has 4 aliphatic rings. The summed E-state index contributed by atoms with van der Waals surface area (Å²) in [6, 6.07) is 4.86. The van der Waals surface area contributed by atoms with Crippen LogP contribution in [0.4, 0.5) is 5.69 Å². The summed E-state index contributed by atoms with van der Waals surface area (Å²) in [7, 11) is 0. The molecule has 2 fully saturated rings. The Hall–Kier alpha value is -1.32. The van der Waals surface area contributed by atoms with Crippen LogP contribution in [0, 0.1) is 23.7 Å². The fourth-order valence-electron chi connectivity index (χ4n) is 3.97. The summed E-state index contributed by atoms with van der Waals surface area (Å²) >= 11 is 12.1. The van der Waals surface area contributed by atoms with Crippen molar-refractivity contribution in [2.24, 2.45) is 23.7 Å². The lowest BCUT2D eigenvalue weighted by atomic mass is 9.63. The van der Waals surface area contributed by atoms with Crippen molar-refractivity contribution in [2.45, 2.75) is 12.8 Å². The van der Waals surface area contributed by atoms with E-state index in [9.17, 15) is 9.59 Å². The second-order valence-electron chi connectivity index (χ2n) is 5.95. The van der Waals surface area contributed by atoms with Crippen LogP contribution in [0.1, 0.15) is 12.8 Å². The van der Waals surface area contributed by atoms with Gasteiger partial charge in [-0.25, -0.2) is 4.90 Å². The number of hydrogen-bond acceptors (Lipinski definition) is 2. The second kappa shape index (κ2) is 4.59. The highest BCUT2D eigenvalue weighted by Crippen LogP contribution is 2.51. The Bertz CT molecular complexity index is 653. The quantitative estimate of drug-likeness (QED) is 0.584. The van der Waals surface area contributed by atoms with Crippen LogP contribution in [0.3, 0.4) is 0 Å². The number of nitrogens with zero attached hydrogens (tertiary/aromatic N) is 1. The summed E-state index contributed by atoms with van der Waals surface area (Å²) in [5.74, 6) is -0.289. The lowest BCUT2D eigenvalue weighted by Crippen LogP contribution is -2.38. The molecule has 21 heavy (non-hydrogen) atoms. The van der Waals surface area contributed by atoms with Gasteiger partial charge in [-0.2, -0.15) is 0 Å². The summed E-state index contributed by atoms with van der Waals surface area (Å²) < 4.78 is 0. The third kappa shape index (κ3) is 1.80. The van der Waals surface area contributed by atoms with Gasteiger partial charge in [-0.3, -0.25) is 9.59 Å². The fraction of sp³-hybridized carbons (Fsp3) is 0.375. The molecule has 0 aromatic heterocycles. The van der Waals surface area contributed by atoms with Crippen molar-refractivity contribution in [1.82, 2.24) is 0 Å². The molecule has 0 spiro atoms. The maximum Gasteiger partial charge on any atom is 0.238 e. The number of carbonyl (C=O) groups excluding carboxylic acids is 2. The Morgan fingerprint density at radius 3 is 2.00 bits per heavy atom. The van der Waals surface area contributed by atoms with E-state index in [0.29, 0.717) is 15.7 Å². The Balaban J connectivity index is 1.78. The van der Waals surface area contributed by atoms with E-state index in [4.69, 9.17) is 23.2 Å². The Morgan fingerprint density at radius 1 is 0.952 bits per heavy atom. The first-order valence-electron chi connectivity index (χ1n) is 7.09. The minimum absolute atomic E-state index is 0.117. The normalized spacial score (nSPS) is 33.7. The van der Waals surface area contributed by atoms with Gasteiger partial charge in [0.25, 0.3) is 0 Å². The smallest absolute Gasteiger partial charge is 0.238 e. The largest absolute Gasteiger partial charge is 0.274 e. The van der Waals surface area contributed by atoms with Crippen LogP contribution >= 0.6 is 23.2 Å². The number of rotatable bonds is 1. The summed E-state index contributed by atoms with van der Waals surface area (Å²) in [6.45, 7) is 0. The minimum atomic E-state index is -0.215. The van der Waals surface area contributed by atoms with Gasteiger partial charge in [-0.05, 0) is 42.9 Å². The van der Waals surface area contributed by atoms with E-state index in [2.05, 4.69) is 12.2 Å². The van der Waals surface area contributed by atoms with Crippen molar-refractivity contribution in [3.05, 3.63) is 40.4 Å². The van der Waals surface area contributed by atoms with Crippen molar-refractivity contribution in [2.75, 3.05) is 4.90 Å². The van der Waals surface area contributed by atoms with Gasteiger partial charge in [0.1, 0.15) is 0 Å². The van der Waals surface area contributed by atoms with Gasteiger partial charge in [-0.15, -0.1) is 0 Å². The number of halogens is 2. The molecule has 0 radical (unpaired) electrons. The van der Waals surface area contributed by atoms with Gasteiger partial charge in [0.2, 0.25) is 11.8 Å². The summed E-state index contributed by atoms with van der Waals surface area (Å²) in [6.07, 6.45) is 6.19. The maximum absolute atomic E-state index is 12.8. The van der Waals surface area contributed by atoms with Crippen LogP contribution in [-0.2, 0) is 9.59 Å². The van der Waals surface area contributed by atoms with Gasteiger partial charge in [-0.1, -0.05) is 35.4 Å². The number of benzene rings is 1. The highest BCUT2D eigenvalue weighted by molar-refractivity contribution is 6.38. The Morgan fingerprint density at radius 2 is 1.52 bits per heavy atom. The van der Waals surface area contributed by atoms with Crippen LogP contribution in [0.25, 0.3) is 0 Å². The van der Waals surface area contributed by atoms with Crippen LogP contribution in [0.5, 0.6) is 0 Å². The van der Waals surface area contributed by atoms with E-state index in [0.717, 1.165) is 12.8 Å². The van der Waals surface area contributed by atoms with Gasteiger partial charge >= 0.3 is 0 Å². The molecule has 2 amide bonds. The average molecular weight is 322 g/mol. The lowest BCUT2D eigenvalue weighted by molar-refractivity contribution is -0.124. The number of hydrogen-bond donors (Lipinski definition) is 0. The highest BCUT2D eigenvalue weighted by Gasteiger charge is 2.57. The lowest BCUT2D eigenvalue weighted by Gasteiger charge is -2.38. The molecule has 3 aliphatic carbocycles. The minimum Gasteiger partial charge on any atom is -0.274 e. The molecule has 108 valence electrons. The summed E-state index contributed by atoms with van der Waals surface area (Å²) in [5.41, 5.74) is 0.449. The molecule has 5 rings (SSSR count). The predicted molar refractivity (Wildman–Crippen MR) is 81.3 cm³/mol. The number of carbonyl (C=O) groups is 2. The topological polar surface area (TPSA) is 37.4 Å². The van der Waals surface area contributed by atoms with Crippen molar-refractivity contribution in [3.63, 3.8) is 0 Å². The molecule has 4 atom stereocenters. The molecular formula is C16H13Cl2NO2. The highest BCUT2D eigenvalue weighted by atomic mass is 35.5. The van der Waals surface area contributed by atoms with E-state index in [-0.39, 0.29) is 35.5 Å². The number of imide groups is 1. The molecule has 0 N–H and O–H groups in total. The molecule has 0 unspecified atom stereocenters. The molecule has 5 heteroatoms. The van der Waals surface area contributed by atoms with E-state index < -0.39 is 0 Å². The number of anilines is 1. The van der Waals surface area contributed by atoms with Gasteiger partial charge < -0.3 is 0 Å². The van der Waals surface area contributed by atoms with E-state index in [1.807, 2.05) is 0 Å². The van der Waals surface area contributed by atoms with Crippen molar-refractivity contribution >= 4 is 40.7 Å². The first-order valence-corrected chi connectivity index (χ1v) is 7.84. The first kappa shape index (κ1) is 13.4. The maximum atomic E-state index is 12.8. The zero-order valence-electron chi connectivity index (χ0n) is 11.1. The molecule has 2 bridgehead atoms. The molecule has 1 aliphatic heterocycles. The van der Waals surface area contributed by atoms with Gasteiger partial charge in [0, 0.05) is 5.02 Å².